The van der Waals surface area contributed by atoms with Gasteiger partial charge in [0.05, 0.1) is 23.5 Å². The zero-order chi connectivity index (χ0) is 21.3. The number of carboxylic acids is 1. The van der Waals surface area contributed by atoms with Gasteiger partial charge in [0.15, 0.2) is 11.5 Å². The number of aromatic nitrogens is 2. The Bertz CT molecular complexity index is 1090. The van der Waals surface area contributed by atoms with Crippen molar-refractivity contribution < 1.29 is 19.4 Å². The lowest BCUT2D eigenvalue weighted by molar-refractivity contribution is 0.0696. The highest BCUT2D eigenvalue weighted by Crippen LogP contribution is 2.39. The van der Waals surface area contributed by atoms with Gasteiger partial charge in [0.1, 0.15) is 5.75 Å². The molecule has 2 aromatic carbocycles. The predicted molar refractivity (Wildman–Crippen MR) is 111 cm³/mol. The number of carbonyl (C=O) groups is 1. The summed E-state index contributed by atoms with van der Waals surface area (Å²) >= 11 is 0. The number of para-hydroxylation sites is 1. The molecule has 3 aromatic rings. The second-order valence-electron chi connectivity index (χ2n) is 7.39. The molecule has 1 aliphatic rings. The highest BCUT2D eigenvalue weighted by atomic mass is 19.1. The summed E-state index contributed by atoms with van der Waals surface area (Å²) in [5, 5.41) is 27.3. The van der Waals surface area contributed by atoms with Gasteiger partial charge < -0.3 is 20.8 Å². The van der Waals surface area contributed by atoms with E-state index < -0.39 is 11.6 Å². The van der Waals surface area contributed by atoms with E-state index in [-0.39, 0.29) is 23.7 Å². The Hall–Kier alpha value is -3.68. The van der Waals surface area contributed by atoms with Crippen LogP contribution in [0.15, 0.2) is 54.6 Å². The maximum atomic E-state index is 15.9. The third-order valence-electron chi connectivity index (χ3n) is 5.41. The van der Waals surface area contributed by atoms with Crippen molar-refractivity contribution in [1.29, 1.82) is 0 Å². The maximum Gasteiger partial charge on any atom is 0.335 e. The number of rotatable bonds is 4. The standard InChI is InChI=1S/C22H21FN4O3/c23-22(15-8-6-14(7-9-15)21(29)30)10-3-11-27(13-22)18-12-17(25-26-20(18)24)16-4-1-2-5-19(16)28/h1-2,4-9,12,28H,3,10-11,13H2,(H2,24,26)(H,29,30)/t22-/m0/s1. The molecule has 4 N–H and O–H groups in total. The number of hydrogen-bond donors (Lipinski definition) is 3. The molecule has 1 aromatic heterocycles. The SMILES string of the molecule is Nc1nnc(-c2ccccc2O)cc1N1CCC[C@@](F)(c2ccc(C(=O)O)cc2)C1. The lowest BCUT2D eigenvalue weighted by Crippen LogP contribution is -2.44. The van der Waals surface area contributed by atoms with Crippen LogP contribution in [0.5, 0.6) is 5.75 Å². The summed E-state index contributed by atoms with van der Waals surface area (Å²) in [4.78, 5) is 12.9. The molecule has 30 heavy (non-hydrogen) atoms. The van der Waals surface area contributed by atoms with Gasteiger partial charge in [-0.2, -0.15) is 0 Å². The molecule has 0 aliphatic carbocycles. The molecule has 1 saturated heterocycles. The minimum Gasteiger partial charge on any atom is -0.507 e. The van der Waals surface area contributed by atoms with Gasteiger partial charge >= 0.3 is 5.97 Å². The van der Waals surface area contributed by atoms with E-state index in [0.717, 1.165) is 0 Å². The summed E-state index contributed by atoms with van der Waals surface area (Å²) in [6.45, 7) is 0.643. The molecule has 0 bridgehead atoms. The molecule has 154 valence electrons. The van der Waals surface area contributed by atoms with E-state index in [1.807, 2.05) is 4.90 Å². The molecule has 2 heterocycles. The van der Waals surface area contributed by atoms with Gasteiger partial charge in [-0.15, -0.1) is 10.2 Å². The molecule has 0 spiro atoms. The fourth-order valence-electron chi connectivity index (χ4n) is 3.83. The summed E-state index contributed by atoms with van der Waals surface area (Å²) in [6, 6.07) is 14.3. The van der Waals surface area contributed by atoms with Gasteiger partial charge in [-0.25, -0.2) is 9.18 Å². The number of hydrogen-bond acceptors (Lipinski definition) is 6. The van der Waals surface area contributed by atoms with Crippen LogP contribution < -0.4 is 10.6 Å². The van der Waals surface area contributed by atoms with Gasteiger partial charge in [-0.05, 0) is 48.7 Å². The first-order valence-electron chi connectivity index (χ1n) is 9.57. The summed E-state index contributed by atoms with van der Waals surface area (Å²) in [5.74, 6) is -0.800. The molecule has 1 aliphatic heterocycles. The van der Waals surface area contributed by atoms with Crippen LogP contribution in [-0.2, 0) is 5.67 Å². The van der Waals surface area contributed by atoms with Crippen LogP contribution in [0.2, 0.25) is 0 Å². The Morgan fingerprint density at radius 3 is 2.57 bits per heavy atom. The van der Waals surface area contributed by atoms with E-state index in [1.165, 1.54) is 24.3 Å². The Morgan fingerprint density at radius 2 is 1.87 bits per heavy atom. The van der Waals surface area contributed by atoms with Crippen molar-refractivity contribution in [1.82, 2.24) is 10.2 Å². The molecule has 1 atom stereocenters. The van der Waals surface area contributed by atoms with Crippen LogP contribution in [0.25, 0.3) is 11.3 Å². The van der Waals surface area contributed by atoms with Crippen LogP contribution in [-0.4, -0.2) is 39.5 Å². The molecule has 1 fully saturated rings. The number of benzene rings is 2. The number of aromatic carboxylic acids is 1. The van der Waals surface area contributed by atoms with Crippen molar-refractivity contribution in [2.45, 2.75) is 18.5 Å². The van der Waals surface area contributed by atoms with Crippen molar-refractivity contribution in [3.05, 3.63) is 65.7 Å². The molecule has 8 heteroatoms. The van der Waals surface area contributed by atoms with Crippen molar-refractivity contribution in [3.63, 3.8) is 0 Å². The zero-order valence-corrected chi connectivity index (χ0v) is 16.1. The summed E-state index contributed by atoms with van der Waals surface area (Å²) in [5.41, 5.74) is 6.45. The minimum absolute atomic E-state index is 0.0511. The lowest BCUT2D eigenvalue weighted by Gasteiger charge is -2.39. The average molecular weight is 408 g/mol. The van der Waals surface area contributed by atoms with Crippen LogP contribution in [0.3, 0.4) is 0 Å². The van der Waals surface area contributed by atoms with Gasteiger partial charge in [-0.3, -0.25) is 0 Å². The van der Waals surface area contributed by atoms with Crippen LogP contribution in [0.4, 0.5) is 15.9 Å². The first-order chi connectivity index (χ1) is 14.4. The zero-order valence-electron chi connectivity index (χ0n) is 16.1. The fraction of sp³-hybridized carbons (Fsp3) is 0.227. The van der Waals surface area contributed by atoms with Crippen molar-refractivity contribution in [2.24, 2.45) is 0 Å². The third-order valence-corrected chi connectivity index (χ3v) is 5.41. The Labute approximate surface area is 172 Å². The normalized spacial score (nSPS) is 18.9. The molecule has 0 radical (unpaired) electrons. The number of nitrogens with zero attached hydrogens (tertiary/aromatic N) is 3. The van der Waals surface area contributed by atoms with Gasteiger partial charge in [0, 0.05) is 12.1 Å². The molecule has 0 amide bonds. The predicted octanol–water partition coefficient (Wildman–Crippen LogP) is 3.59. The molecule has 4 rings (SSSR count). The van der Waals surface area contributed by atoms with Gasteiger partial charge in [0.25, 0.3) is 0 Å². The number of aromatic hydroxyl groups is 1. The number of nitrogens with two attached hydrogens (primary N) is 1. The second kappa shape index (κ2) is 7.62. The van der Waals surface area contributed by atoms with Crippen LogP contribution >= 0.6 is 0 Å². The quantitative estimate of drug-likeness (QED) is 0.605. The number of anilines is 2. The van der Waals surface area contributed by atoms with Crippen molar-refractivity contribution in [2.75, 3.05) is 23.7 Å². The van der Waals surface area contributed by atoms with Crippen molar-refractivity contribution in [3.8, 4) is 17.0 Å². The molecule has 0 saturated carbocycles. The summed E-state index contributed by atoms with van der Waals surface area (Å²) in [6.07, 6.45) is 0.908. The summed E-state index contributed by atoms with van der Waals surface area (Å²) in [7, 11) is 0. The Balaban J connectivity index is 1.65. The number of phenols is 1. The van der Waals surface area contributed by atoms with Crippen LogP contribution in [0.1, 0.15) is 28.8 Å². The third kappa shape index (κ3) is 3.63. The number of nitrogen functional groups attached to an aromatic ring is 1. The largest absolute Gasteiger partial charge is 0.507 e. The highest BCUT2D eigenvalue weighted by Gasteiger charge is 2.38. The second-order valence-corrected chi connectivity index (χ2v) is 7.39. The van der Waals surface area contributed by atoms with E-state index in [1.54, 1.807) is 30.3 Å². The topological polar surface area (TPSA) is 113 Å². The first-order valence-corrected chi connectivity index (χ1v) is 9.57. The fourth-order valence-corrected chi connectivity index (χ4v) is 3.83. The smallest absolute Gasteiger partial charge is 0.335 e. The number of carboxylic acid groups (broad SMARTS) is 1. The number of piperidine rings is 1. The number of phenolic OH excluding ortho intramolecular Hbond substituents is 1. The van der Waals surface area contributed by atoms with E-state index in [2.05, 4.69) is 10.2 Å². The highest BCUT2D eigenvalue weighted by molar-refractivity contribution is 5.87. The summed E-state index contributed by atoms with van der Waals surface area (Å²) < 4.78 is 15.9. The maximum absolute atomic E-state index is 15.9. The number of alkyl halides is 1. The first kappa shape index (κ1) is 19.6. The minimum atomic E-state index is -1.65. The van der Waals surface area contributed by atoms with Gasteiger partial charge in [0.2, 0.25) is 0 Å². The van der Waals surface area contributed by atoms with Crippen molar-refractivity contribution >= 4 is 17.5 Å². The van der Waals surface area contributed by atoms with E-state index >= 15 is 4.39 Å². The Morgan fingerprint density at radius 1 is 1.13 bits per heavy atom. The number of halogens is 1. The van der Waals surface area contributed by atoms with Gasteiger partial charge in [-0.1, -0.05) is 24.3 Å². The van der Waals surface area contributed by atoms with E-state index in [4.69, 9.17) is 10.8 Å². The molecular weight excluding hydrogens is 387 g/mol. The molecule has 0 unspecified atom stereocenters. The average Bonchev–Trinajstić information content (AvgIpc) is 2.75. The molecular formula is C22H21FN4O3. The lowest BCUT2D eigenvalue weighted by atomic mass is 9.86. The van der Waals surface area contributed by atoms with Crippen LogP contribution in [0, 0.1) is 0 Å². The Kier molecular flexibility index (Phi) is 4.99. The molecule has 7 nitrogen and oxygen atoms in total. The monoisotopic (exact) mass is 408 g/mol. The van der Waals surface area contributed by atoms with E-state index in [0.29, 0.717) is 41.9 Å². The van der Waals surface area contributed by atoms with E-state index in [9.17, 15) is 9.90 Å².